The smallest absolute Gasteiger partial charge is 0.279 e. The Kier molecular flexibility index (Phi) is 2.17. The van der Waals surface area contributed by atoms with E-state index in [2.05, 4.69) is 4.98 Å². The molecule has 0 saturated carbocycles. The standard InChI is InChI=1S/C10H11N3O2/c1-6(11)7-5-12-8-3-2-4-9(10(7)8)13(14)15/h2-6,12H,11H2,1H3/t6-/m0/s1. The van der Waals surface area contributed by atoms with Crippen LogP contribution in [0, 0.1) is 10.1 Å². The van der Waals surface area contributed by atoms with Crippen LogP contribution in [-0.4, -0.2) is 9.91 Å². The molecule has 0 aliphatic rings. The van der Waals surface area contributed by atoms with Gasteiger partial charge in [0.1, 0.15) is 0 Å². The van der Waals surface area contributed by atoms with Crippen molar-refractivity contribution in [3.63, 3.8) is 0 Å². The molecule has 0 saturated heterocycles. The summed E-state index contributed by atoms with van der Waals surface area (Å²) >= 11 is 0. The van der Waals surface area contributed by atoms with Crippen LogP contribution in [0.5, 0.6) is 0 Å². The number of fused-ring (bicyclic) bond motifs is 1. The number of hydrogen-bond donors (Lipinski definition) is 2. The lowest BCUT2D eigenvalue weighted by Gasteiger charge is -2.02. The quantitative estimate of drug-likeness (QED) is 0.581. The average Bonchev–Trinajstić information content (AvgIpc) is 2.60. The van der Waals surface area contributed by atoms with E-state index >= 15 is 0 Å². The Morgan fingerprint density at radius 2 is 2.27 bits per heavy atom. The van der Waals surface area contributed by atoms with Gasteiger partial charge in [-0.2, -0.15) is 0 Å². The number of rotatable bonds is 2. The summed E-state index contributed by atoms with van der Waals surface area (Å²) in [5.74, 6) is 0. The summed E-state index contributed by atoms with van der Waals surface area (Å²) in [6.45, 7) is 1.80. The van der Waals surface area contributed by atoms with Gasteiger partial charge in [-0.1, -0.05) is 6.07 Å². The predicted octanol–water partition coefficient (Wildman–Crippen LogP) is 2.10. The number of nitro groups is 1. The van der Waals surface area contributed by atoms with Gasteiger partial charge in [0.05, 0.1) is 15.8 Å². The van der Waals surface area contributed by atoms with E-state index in [0.717, 1.165) is 11.1 Å². The molecule has 1 aromatic carbocycles. The van der Waals surface area contributed by atoms with Crippen LogP contribution in [0.3, 0.4) is 0 Å². The van der Waals surface area contributed by atoms with E-state index in [-0.39, 0.29) is 16.7 Å². The SMILES string of the molecule is C[C@H](N)c1c[nH]c2cccc([N+](=O)[O-])c12. The van der Waals surface area contributed by atoms with Crippen LogP contribution < -0.4 is 5.73 Å². The molecule has 0 aliphatic carbocycles. The van der Waals surface area contributed by atoms with E-state index in [1.807, 2.05) is 0 Å². The van der Waals surface area contributed by atoms with Crippen LogP contribution in [0.4, 0.5) is 5.69 Å². The highest BCUT2D eigenvalue weighted by Gasteiger charge is 2.17. The van der Waals surface area contributed by atoms with Crippen molar-refractivity contribution in [2.24, 2.45) is 5.73 Å². The van der Waals surface area contributed by atoms with Crippen LogP contribution in [0.1, 0.15) is 18.5 Å². The number of benzene rings is 1. The molecular weight excluding hydrogens is 194 g/mol. The van der Waals surface area contributed by atoms with E-state index < -0.39 is 0 Å². The molecule has 5 nitrogen and oxygen atoms in total. The lowest BCUT2D eigenvalue weighted by atomic mass is 10.1. The van der Waals surface area contributed by atoms with Crippen LogP contribution in [0.2, 0.25) is 0 Å². The molecule has 0 radical (unpaired) electrons. The molecule has 15 heavy (non-hydrogen) atoms. The van der Waals surface area contributed by atoms with Gasteiger partial charge in [-0.15, -0.1) is 0 Å². The number of aromatic nitrogens is 1. The Labute approximate surface area is 86.0 Å². The maximum absolute atomic E-state index is 10.8. The number of hydrogen-bond acceptors (Lipinski definition) is 3. The number of nitrogens with one attached hydrogen (secondary N) is 1. The Bertz CT molecular complexity index is 516. The number of nitro benzene ring substituents is 1. The van der Waals surface area contributed by atoms with Crippen LogP contribution in [0.25, 0.3) is 10.9 Å². The minimum atomic E-state index is -0.387. The van der Waals surface area contributed by atoms with Crippen molar-refractivity contribution in [2.75, 3.05) is 0 Å². The van der Waals surface area contributed by atoms with Crippen LogP contribution in [0.15, 0.2) is 24.4 Å². The summed E-state index contributed by atoms with van der Waals surface area (Å²) in [6, 6.07) is 4.72. The molecule has 78 valence electrons. The third-order valence-corrected chi connectivity index (χ3v) is 2.40. The summed E-state index contributed by atoms with van der Waals surface area (Å²) in [4.78, 5) is 13.4. The summed E-state index contributed by atoms with van der Waals surface area (Å²) in [7, 11) is 0. The molecule has 0 aliphatic heterocycles. The molecule has 2 rings (SSSR count). The minimum Gasteiger partial charge on any atom is -0.361 e. The zero-order valence-corrected chi connectivity index (χ0v) is 8.23. The van der Waals surface area contributed by atoms with E-state index in [1.54, 1.807) is 25.3 Å². The monoisotopic (exact) mass is 205 g/mol. The third kappa shape index (κ3) is 1.46. The van der Waals surface area contributed by atoms with E-state index in [0.29, 0.717) is 5.39 Å². The zero-order chi connectivity index (χ0) is 11.0. The topological polar surface area (TPSA) is 85.0 Å². The predicted molar refractivity (Wildman–Crippen MR) is 57.6 cm³/mol. The number of H-pyrrole nitrogens is 1. The van der Waals surface area contributed by atoms with Gasteiger partial charge in [0.25, 0.3) is 5.69 Å². The Morgan fingerprint density at radius 3 is 2.87 bits per heavy atom. The highest BCUT2D eigenvalue weighted by molar-refractivity contribution is 5.92. The number of non-ortho nitro benzene ring substituents is 1. The maximum Gasteiger partial charge on any atom is 0.279 e. The highest BCUT2D eigenvalue weighted by atomic mass is 16.6. The molecule has 0 bridgehead atoms. The van der Waals surface area contributed by atoms with Gasteiger partial charge >= 0.3 is 0 Å². The summed E-state index contributed by atoms with van der Waals surface area (Å²) in [6.07, 6.45) is 1.72. The van der Waals surface area contributed by atoms with E-state index in [9.17, 15) is 10.1 Å². The summed E-state index contributed by atoms with van der Waals surface area (Å²) in [5.41, 5.74) is 7.37. The van der Waals surface area contributed by atoms with Crippen LogP contribution >= 0.6 is 0 Å². The molecule has 0 unspecified atom stereocenters. The fraction of sp³-hybridized carbons (Fsp3) is 0.200. The van der Waals surface area contributed by atoms with Gasteiger partial charge in [-0.05, 0) is 13.0 Å². The normalized spacial score (nSPS) is 12.9. The third-order valence-electron chi connectivity index (χ3n) is 2.40. The molecule has 0 amide bonds. The first-order valence-corrected chi connectivity index (χ1v) is 4.61. The molecule has 5 heteroatoms. The molecule has 2 aromatic rings. The van der Waals surface area contributed by atoms with Gasteiger partial charge in [0.2, 0.25) is 0 Å². The number of nitrogens with zero attached hydrogens (tertiary/aromatic N) is 1. The van der Waals surface area contributed by atoms with Crippen molar-refractivity contribution < 1.29 is 4.92 Å². The van der Waals surface area contributed by atoms with Gasteiger partial charge in [-0.25, -0.2) is 0 Å². The second-order valence-corrected chi connectivity index (χ2v) is 3.49. The van der Waals surface area contributed by atoms with Crippen molar-refractivity contribution in [3.05, 3.63) is 40.1 Å². The van der Waals surface area contributed by atoms with Gasteiger partial charge < -0.3 is 10.7 Å². The average molecular weight is 205 g/mol. The largest absolute Gasteiger partial charge is 0.361 e. The number of nitrogens with two attached hydrogens (primary N) is 1. The van der Waals surface area contributed by atoms with Crippen molar-refractivity contribution in [3.8, 4) is 0 Å². The van der Waals surface area contributed by atoms with Crippen LogP contribution in [-0.2, 0) is 0 Å². The summed E-state index contributed by atoms with van der Waals surface area (Å²) in [5, 5.41) is 11.4. The molecule has 1 atom stereocenters. The first-order valence-electron chi connectivity index (χ1n) is 4.61. The van der Waals surface area contributed by atoms with Crippen molar-refractivity contribution in [1.82, 2.24) is 4.98 Å². The fourth-order valence-corrected chi connectivity index (χ4v) is 1.70. The molecular formula is C10H11N3O2. The Hall–Kier alpha value is -1.88. The highest BCUT2D eigenvalue weighted by Crippen LogP contribution is 2.30. The Balaban J connectivity index is 2.80. The minimum absolute atomic E-state index is 0.0982. The molecule has 3 N–H and O–H groups in total. The second kappa shape index (κ2) is 3.36. The van der Waals surface area contributed by atoms with E-state index in [4.69, 9.17) is 5.73 Å². The molecule has 0 fully saturated rings. The molecule has 1 aromatic heterocycles. The lowest BCUT2D eigenvalue weighted by Crippen LogP contribution is -2.04. The van der Waals surface area contributed by atoms with Gasteiger partial charge in [0.15, 0.2) is 0 Å². The molecule has 1 heterocycles. The van der Waals surface area contributed by atoms with Gasteiger partial charge in [0, 0.05) is 23.9 Å². The number of aromatic amines is 1. The zero-order valence-electron chi connectivity index (χ0n) is 8.23. The Morgan fingerprint density at radius 1 is 1.53 bits per heavy atom. The first-order chi connectivity index (χ1) is 7.11. The van der Waals surface area contributed by atoms with Crippen molar-refractivity contribution in [2.45, 2.75) is 13.0 Å². The molecule has 0 spiro atoms. The van der Waals surface area contributed by atoms with Crippen molar-refractivity contribution >= 4 is 16.6 Å². The van der Waals surface area contributed by atoms with E-state index in [1.165, 1.54) is 6.07 Å². The van der Waals surface area contributed by atoms with Gasteiger partial charge in [-0.3, -0.25) is 10.1 Å². The first kappa shape index (κ1) is 9.67. The van der Waals surface area contributed by atoms with Crippen molar-refractivity contribution in [1.29, 1.82) is 0 Å². The maximum atomic E-state index is 10.8. The lowest BCUT2D eigenvalue weighted by molar-refractivity contribution is -0.383. The second-order valence-electron chi connectivity index (χ2n) is 3.49. The fourth-order valence-electron chi connectivity index (χ4n) is 1.70. The summed E-state index contributed by atoms with van der Waals surface area (Å²) < 4.78 is 0.